The standard InChI is InChI=1S/C7H3F8NO/c1-2-17-7(14,15)6(12,13)5(10,11)4(8,9)3-16/h2H,1H2. The van der Waals surface area contributed by atoms with E-state index in [0.29, 0.717) is 0 Å². The number of hydrogen-bond acceptors (Lipinski definition) is 2. The minimum absolute atomic E-state index is 0.325. The fourth-order valence-corrected chi connectivity index (χ4v) is 0.629. The Hall–Kier alpha value is -1.53. The molecule has 98 valence electrons. The Kier molecular flexibility index (Phi) is 3.68. The molecule has 0 aromatic rings. The molecule has 0 atom stereocenters. The Morgan fingerprint density at radius 1 is 0.941 bits per heavy atom. The van der Waals surface area contributed by atoms with E-state index in [1.54, 1.807) is 0 Å². The van der Waals surface area contributed by atoms with Gasteiger partial charge in [-0.3, -0.25) is 0 Å². The van der Waals surface area contributed by atoms with Crippen LogP contribution in [0, 0.1) is 11.3 Å². The molecule has 0 aromatic carbocycles. The first-order chi connectivity index (χ1) is 7.37. The normalized spacial score (nSPS) is 14.1. The third-order valence-electron chi connectivity index (χ3n) is 1.53. The lowest BCUT2D eigenvalue weighted by atomic mass is 10.0. The van der Waals surface area contributed by atoms with Gasteiger partial charge in [0.25, 0.3) is 0 Å². The Balaban J connectivity index is 5.61. The SMILES string of the molecule is C=COC(F)(F)C(F)(F)C(F)(F)C(F)(F)C#N. The molecule has 0 saturated carbocycles. The molecule has 0 aliphatic rings. The molecule has 10 heteroatoms. The van der Waals surface area contributed by atoms with Gasteiger partial charge in [-0.2, -0.15) is 40.4 Å². The first kappa shape index (κ1) is 15.5. The number of nitrogens with zero attached hydrogens (tertiary/aromatic N) is 1. The molecule has 0 aliphatic heterocycles. The second-order valence-corrected chi connectivity index (χ2v) is 2.64. The zero-order chi connectivity index (χ0) is 14.1. The van der Waals surface area contributed by atoms with Crippen LogP contribution in [0.5, 0.6) is 0 Å². The summed E-state index contributed by atoms with van der Waals surface area (Å²) in [5, 5.41) is 7.57. The van der Waals surface area contributed by atoms with Crippen LogP contribution in [0.1, 0.15) is 0 Å². The van der Waals surface area contributed by atoms with E-state index in [1.807, 2.05) is 0 Å². The van der Waals surface area contributed by atoms with Crippen molar-refractivity contribution in [1.29, 1.82) is 5.26 Å². The van der Waals surface area contributed by atoms with E-state index in [0.717, 1.165) is 0 Å². The molecular weight excluding hydrogens is 266 g/mol. The summed E-state index contributed by atoms with van der Waals surface area (Å²) in [6.07, 6.45) is -6.27. The van der Waals surface area contributed by atoms with Crippen molar-refractivity contribution >= 4 is 0 Å². The third kappa shape index (κ3) is 2.13. The van der Waals surface area contributed by atoms with Crippen molar-refractivity contribution < 1.29 is 39.9 Å². The van der Waals surface area contributed by atoms with Crippen molar-refractivity contribution in [1.82, 2.24) is 0 Å². The fourth-order valence-electron chi connectivity index (χ4n) is 0.629. The molecule has 0 rings (SSSR count). The Morgan fingerprint density at radius 2 is 1.35 bits per heavy atom. The lowest BCUT2D eigenvalue weighted by Crippen LogP contribution is -2.62. The Labute approximate surface area is 89.1 Å². The fraction of sp³-hybridized carbons (Fsp3) is 0.571. The van der Waals surface area contributed by atoms with Crippen LogP contribution in [-0.2, 0) is 4.74 Å². The van der Waals surface area contributed by atoms with Crippen LogP contribution in [0.15, 0.2) is 12.8 Å². The number of nitriles is 1. The molecule has 0 amide bonds. The average molecular weight is 269 g/mol. The molecule has 2 nitrogen and oxygen atoms in total. The average Bonchev–Trinajstić information content (AvgIpc) is 2.16. The highest BCUT2D eigenvalue weighted by molar-refractivity contribution is 5.10. The van der Waals surface area contributed by atoms with Crippen molar-refractivity contribution in [3.8, 4) is 6.07 Å². The molecule has 0 unspecified atom stereocenters. The highest BCUT2D eigenvalue weighted by Crippen LogP contribution is 2.52. The number of hydrogen-bond donors (Lipinski definition) is 0. The van der Waals surface area contributed by atoms with E-state index in [9.17, 15) is 35.1 Å². The molecule has 0 radical (unpaired) electrons. The van der Waals surface area contributed by atoms with Gasteiger partial charge in [0, 0.05) is 0 Å². The van der Waals surface area contributed by atoms with E-state index in [2.05, 4.69) is 11.3 Å². The summed E-state index contributed by atoms with van der Waals surface area (Å²) in [5.41, 5.74) is 0. The zero-order valence-electron chi connectivity index (χ0n) is 7.66. The molecule has 0 fully saturated rings. The third-order valence-corrected chi connectivity index (χ3v) is 1.53. The summed E-state index contributed by atoms with van der Waals surface area (Å²) < 4.78 is 102. The maximum absolute atomic E-state index is 12.5. The molecule has 0 heterocycles. The summed E-state index contributed by atoms with van der Waals surface area (Å²) in [4.78, 5) is 0. The Morgan fingerprint density at radius 3 is 1.65 bits per heavy atom. The number of ether oxygens (including phenoxy) is 1. The number of halogens is 8. The molecular formula is C7H3F8NO. The number of rotatable bonds is 5. The lowest BCUT2D eigenvalue weighted by Gasteiger charge is -2.32. The highest BCUT2D eigenvalue weighted by atomic mass is 19.4. The van der Waals surface area contributed by atoms with Gasteiger partial charge in [-0.15, -0.1) is 0 Å². The molecule has 0 aromatic heterocycles. The summed E-state index contributed by atoms with van der Waals surface area (Å²) in [5.74, 6) is -19.2. The maximum atomic E-state index is 12.5. The minimum Gasteiger partial charge on any atom is -0.436 e. The predicted molar refractivity (Wildman–Crippen MR) is 36.7 cm³/mol. The first-order valence-corrected chi connectivity index (χ1v) is 3.58. The van der Waals surface area contributed by atoms with Gasteiger partial charge in [-0.05, 0) is 0 Å². The van der Waals surface area contributed by atoms with Gasteiger partial charge >= 0.3 is 23.9 Å². The summed E-state index contributed by atoms with van der Waals surface area (Å²) >= 11 is 0. The van der Waals surface area contributed by atoms with E-state index < -0.39 is 29.9 Å². The molecule has 0 aliphatic carbocycles. The zero-order valence-corrected chi connectivity index (χ0v) is 7.66. The van der Waals surface area contributed by atoms with Crippen molar-refractivity contribution in [3.05, 3.63) is 12.8 Å². The van der Waals surface area contributed by atoms with Gasteiger partial charge in [-0.25, -0.2) is 0 Å². The number of alkyl halides is 8. The van der Waals surface area contributed by atoms with Crippen LogP contribution >= 0.6 is 0 Å². The molecule has 0 bridgehead atoms. The van der Waals surface area contributed by atoms with Gasteiger partial charge in [-0.1, -0.05) is 6.58 Å². The molecule has 0 spiro atoms. The van der Waals surface area contributed by atoms with Crippen LogP contribution < -0.4 is 0 Å². The smallest absolute Gasteiger partial charge is 0.436 e. The minimum atomic E-state index is -6.62. The van der Waals surface area contributed by atoms with E-state index in [-0.39, 0.29) is 6.26 Å². The van der Waals surface area contributed by atoms with Crippen molar-refractivity contribution in [2.24, 2.45) is 0 Å². The molecule has 0 saturated heterocycles. The maximum Gasteiger partial charge on any atom is 0.470 e. The van der Waals surface area contributed by atoms with Gasteiger partial charge in [0.1, 0.15) is 6.07 Å². The van der Waals surface area contributed by atoms with E-state index in [1.165, 1.54) is 0 Å². The van der Waals surface area contributed by atoms with E-state index >= 15 is 0 Å². The summed E-state index contributed by atoms with van der Waals surface area (Å²) in [6, 6.07) is -0.476. The van der Waals surface area contributed by atoms with Gasteiger partial charge in [0.2, 0.25) is 0 Å². The highest BCUT2D eigenvalue weighted by Gasteiger charge is 2.82. The van der Waals surface area contributed by atoms with Crippen LogP contribution in [0.4, 0.5) is 35.1 Å². The summed E-state index contributed by atoms with van der Waals surface area (Å²) in [7, 11) is 0. The largest absolute Gasteiger partial charge is 0.470 e. The topological polar surface area (TPSA) is 33.0 Å². The van der Waals surface area contributed by atoms with Crippen molar-refractivity contribution in [2.45, 2.75) is 23.9 Å². The van der Waals surface area contributed by atoms with Crippen LogP contribution in [0.25, 0.3) is 0 Å². The van der Waals surface area contributed by atoms with Gasteiger partial charge in [0.05, 0.1) is 6.26 Å². The van der Waals surface area contributed by atoms with Crippen molar-refractivity contribution in [2.75, 3.05) is 0 Å². The summed E-state index contributed by atoms with van der Waals surface area (Å²) in [6.45, 7) is 2.39. The van der Waals surface area contributed by atoms with Gasteiger partial charge in [0.15, 0.2) is 0 Å². The quantitative estimate of drug-likeness (QED) is 0.567. The lowest BCUT2D eigenvalue weighted by molar-refractivity contribution is -0.409. The Bertz CT molecular complexity index is 344. The van der Waals surface area contributed by atoms with Crippen LogP contribution in [0.2, 0.25) is 0 Å². The first-order valence-electron chi connectivity index (χ1n) is 3.58. The van der Waals surface area contributed by atoms with Crippen molar-refractivity contribution in [3.63, 3.8) is 0 Å². The predicted octanol–water partition coefficient (Wildman–Crippen LogP) is 3.17. The van der Waals surface area contributed by atoms with Crippen LogP contribution in [0.3, 0.4) is 0 Å². The second kappa shape index (κ2) is 4.05. The van der Waals surface area contributed by atoms with Gasteiger partial charge < -0.3 is 4.74 Å². The molecule has 0 N–H and O–H groups in total. The second-order valence-electron chi connectivity index (χ2n) is 2.64. The van der Waals surface area contributed by atoms with E-state index in [4.69, 9.17) is 5.26 Å². The monoisotopic (exact) mass is 269 g/mol. The van der Waals surface area contributed by atoms with Crippen LogP contribution in [-0.4, -0.2) is 23.9 Å². The molecule has 17 heavy (non-hydrogen) atoms.